The van der Waals surface area contributed by atoms with E-state index in [2.05, 4.69) is 15.3 Å². The van der Waals surface area contributed by atoms with Crippen molar-refractivity contribution in [3.8, 4) is 22.8 Å². The molecule has 0 atom stereocenters. The molecular formula is C30H24F3N3O3. The third-order valence-corrected chi connectivity index (χ3v) is 6.33. The van der Waals surface area contributed by atoms with Crippen molar-refractivity contribution in [3.05, 3.63) is 95.7 Å². The fraction of sp³-hybridized carbons (Fsp3) is 0.133. The number of benzene rings is 3. The Hall–Kier alpha value is -4.79. The molecule has 0 aliphatic heterocycles. The third-order valence-electron chi connectivity index (χ3n) is 6.33. The molecular weight excluding hydrogens is 507 g/mol. The highest BCUT2D eigenvalue weighted by atomic mass is 19.4. The number of halogens is 3. The largest absolute Gasteiger partial charge is 0.497 e. The van der Waals surface area contributed by atoms with Gasteiger partial charge in [0.05, 0.1) is 43.2 Å². The summed E-state index contributed by atoms with van der Waals surface area (Å²) < 4.78 is 52.3. The molecule has 0 radical (unpaired) electrons. The summed E-state index contributed by atoms with van der Waals surface area (Å²) in [5.74, 6) is 0.774. The zero-order valence-electron chi connectivity index (χ0n) is 21.1. The van der Waals surface area contributed by atoms with Gasteiger partial charge < -0.3 is 19.8 Å². The van der Waals surface area contributed by atoms with Gasteiger partial charge in [-0.05, 0) is 42.5 Å². The third kappa shape index (κ3) is 5.29. The monoisotopic (exact) mass is 531 g/mol. The van der Waals surface area contributed by atoms with E-state index in [0.29, 0.717) is 33.7 Å². The quantitative estimate of drug-likeness (QED) is 0.228. The van der Waals surface area contributed by atoms with Crippen molar-refractivity contribution in [1.82, 2.24) is 15.3 Å². The average Bonchev–Trinajstić information content (AvgIpc) is 3.32. The van der Waals surface area contributed by atoms with E-state index in [1.165, 1.54) is 25.3 Å². The Bertz CT molecular complexity index is 1710. The molecule has 3 aromatic carbocycles. The Labute approximate surface area is 222 Å². The van der Waals surface area contributed by atoms with Gasteiger partial charge >= 0.3 is 6.18 Å². The SMILES string of the molecule is COc1ccc(OC)c(/C=C/C(=O)NCc2cc3c([nH]c4ccccc43)c(-c3ccccc3C(F)(F)F)n2)c1. The summed E-state index contributed by atoms with van der Waals surface area (Å²) in [6.07, 6.45) is -1.62. The van der Waals surface area contributed by atoms with Crippen LogP contribution in [0.5, 0.6) is 11.5 Å². The summed E-state index contributed by atoms with van der Waals surface area (Å²) in [7, 11) is 3.07. The predicted molar refractivity (Wildman–Crippen MR) is 144 cm³/mol. The number of ether oxygens (including phenoxy) is 2. The molecule has 0 bridgehead atoms. The minimum Gasteiger partial charge on any atom is -0.497 e. The molecule has 9 heteroatoms. The maximum absolute atomic E-state index is 13.9. The van der Waals surface area contributed by atoms with E-state index >= 15 is 0 Å². The van der Waals surface area contributed by atoms with E-state index in [-0.39, 0.29) is 17.8 Å². The van der Waals surface area contributed by atoms with Gasteiger partial charge in [0, 0.05) is 33.5 Å². The van der Waals surface area contributed by atoms with Gasteiger partial charge in [0.2, 0.25) is 5.91 Å². The van der Waals surface area contributed by atoms with Crippen LogP contribution in [0.2, 0.25) is 0 Å². The number of H-pyrrole nitrogens is 1. The van der Waals surface area contributed by atoms with Gasteiger partial charge in [-0.2, -0.15) is 13.2 Å². The number of nitrogens with one attached hydrogen (secondary N) is 2. The minimum absolute atomic E-state index is 0.00898. The van der Waals surface area contributed by atoms with E-state index < -0.39 is 17.6 Å². The van der Waals surface area contributed by atoms with Crippen molar-refractivity contribution in [2.45, 2.75) is 12.7 Å². The molecule has 0 aliphatic rings. The maximum atomic E-state index is 13.9. The number of carbonyl (C=O) groups excluding carboxylic acids is 1. The number of hydrogen-bond acceptors (Lipinski definition) is 4. The number of rotatable bonds is 7. The number of alkyl halides is 3. The second-order valence-corrected chi connectivity index (χ2v) is 8.76. The van der Waals surface area contributed by atoms with E-state index in [4.69, 9.17) is 9.47 Å². The maximum Gasteiger partial charge on any atom is 0.417 e. The molecule has 6 nitrogen and oxygen atoms in total. The van der Waals surface area contributed by atoms with Gasteiger partial charge in [-0.25, -0.2) is 4.98 Å². The molecule has 0 saturated heterocycles. The molecule has 5 rings (SSSR count). The molecule has 0 spiro atoms. The van der Waals surface area contributed by atoms with Crippen molar-refractivity contribution in [2.24, 2.45) is 0 Å². The number of fused-ring (bicyclic) bond motifs is 3. The van der Waals surface area contributed by atoms with Gasteiger partial charge in [-0.3, -0.25) is 4.79 Å². The van der Waals surface area contributed by atoms with Crippen LogP contribution >= 0.6 is 0 Å². The smallest absolute Gasteiger partial charge is 0.417 e. The van der Waals surface area contributed by atoms with Crippen LogP contribution in [0.4, 0.5) is 13.2 Å². The molecule has 0 unspecified atom stereocenters. The number of methoxy groups -OCH3 is 2. The van der Waals surface area contributed by atoms with Crippen molar-refractivity contribution in [2.75, 3.05) is 14.2 Å². The lowest BCUT2D eigenvalue weighted by Crippen LogP contribution is -2.21. The molecule has 2 N–H and O–H groups in total. The Kier molecular flexibility index (Phi) is 6.98. The summed E-state index contributed by atoms with van der Waals surface area (Å²) in [5, 5.41) is 4.33. The molecule has 39 heavy (non-hydrogen) atoms. The number of nitrogens with zero attached hydrogens (tertiary/aromatic N) is 1. The van der Waals surface area contributed by atoms with Crippen LogP contribution in [0.25, 0.3) is 39.1 Å². The standard InChI is InChI=1S/C30H24F3N3O3/c1-38-20-12-13-26(39-2)18(15-20)11-14-27(37)34-17-19-16-23-21-7-4-6-10-25(21)36-29(23)28(35-19)22-8-3-5-9-24(22)30(31,32)33/h3-16,36H,17H2,1-2H3,(H,34,37)/b14-11+. The van der Waals surface area contributed by atoms with Crippen LogP contribution in [-0.2, 0) is 17.5 Å². The summed E-state index contributed by atoms with van der Waals surface area (Å²) in [5.41, 5.74) is 1.67. The lowest BCUT2D eigenvalue weighted by molar-refractivity contribution is -0.137. The van der Waals surface area contributed by atoms with Gasteiger partial charge in [0.15, 0.2) is 0 Å². The number of pyridine rings is 1. The molecule has 5 aromatic rings. The summed E-state index contributed by atoms with van der Waals surface area (Å²) in [4.78, 5) is 20.5. The highest BCUT2D eigenvalue weighted by molar-refractivity contribution is 6.11. The number of hydrogen-bond donors (Lipinski definition) is 2. The average molecular weight is 532 g/mol. The predicted octanol–water partition coefficient (Wildman–Crippen LogP) is 6.75. The van der Waals surface area contributed by atoms with Crippen LogP contribution in [0.1, 0.15) is 16.8 Å². The first-order valence-electron chi connectivity index (χ1n) is 12.0. The van der Waals surface area contributed by atoms with Gasteiger partial charge in [-0.15, -0.1) is 0 Å². The number of carbonyl (C=O) groups is 1. The van der Waals surface area contributed by atoms with Crippen LogP contribution in [0.15, 0.2) is 78.9 Å². The van der Waals surface area contributed by atoms with E-state index in [9.17, 15) is 18.0 Å². The first-order valence-corrected chi connectivity index (χ1v) is 12.0. The Morgan fingerprint density at radius 3 is 2.51 bits per heavy atom. The highest BCUT2D eigenvalue weighted by Crippen LogP contribution is 2.40. The van der Waals surface area contributed by atoms with Crippen molar-refractivity contribution < 1.29 is 27.4 Å². The number of aromatic nitrogens is 2. The van der Waals surface area contributed by atoms with Crippen molar-refractivity contribution >= 4 is 33.8 Å². The van der Waals surface area contributed by atoms with Gasteiger partial charge in [0.25, 0.3) is 0 Å². The second kappa shape index (κ2) is 10.5. The lowest BCUT2D eigenvalue weighted by atomic mass is 10.0. The Balaban J connectivity index is 1.50. The molecule has 0 saturated carbocycles. The Morgan fingerprint density at radius 1 is 0.974 bits per heavy atom. The molecule has 0 aliphatic carbocycles. The summed E-state index contributed by atoms with van der Waals surface area (Å²) >= 11 is 0. The fourth-order valence-corrected chi connectivity index (χ4v) is 4.49. The van der Waals surface area contributed by atoms with Crippen LogP contribution in [0, 0.1) is 0 Å². The van der Waals surface area contributed by atoms with E-state index in [0.717, 1.165) is 17.0 Å². The normalized spacial score (nSPS) is 11.8. The number of aromatic amines is 1. The number of amides is 1. The van der Waals surface area contributed by atoms with Crippen LogP contribution in [0.3, 0.4) is 0 Å². The molecule has 0 fully saturated rings. The topological polar surface area (TPSA) is 76.2 Å². The first kappa shape index (κ1) is 25.8. The summed E-state index contributed by atoms with van der Waals surface area (Å²) in [6.45, 7) is 0.00898. The Morgan fingerprint density at radius 2 is 1.74 bits per heavy atom. The zero-order chi connectivity index (χ0) is 27.6. The fourth-order valence-electron chi connectivity index (χ4n) is 4.49. The molecule has 198 valence electrons. The molecule has 2 aromatic heterocycles. The van der Waals surface area contributed by atoms with Gasteiger partial charge in [-0.1, -0.05) is 36.4 Å². The van der Waals surface area contributed by atoms with Crippen molar-refractivity contribution in [3.63, 3.8) is 0 Å². The summed E-state index contributed by atoms with van der Waals surface area (Å²) in [6, 6.07) is 19.8. The molecule has 2 heterocycles. The van der Waals surface area contributed by atoms with E-state index in [1.807, 2.05) is 24.3 Å². The van der Waals surface area contributed by atoms with Crippen LogP contribution < -0.4 is 14.8 Å². The van der Waals surface area contributed by atoms with Crippen LogP contribution in [-0.4, -0.2) is 30.1 Å². The highest BCUT2D eigenvalue weighted by Gasteiger charge is 2.34. The minimum atomic E-state index is -4.56. The van der Waals surface area contributed by atoms with E-state index in [1.54, 1.807) is 43.5 Å². The first-order chi connectivity index (χ1) is 18.8. The zero-order valence-corrected chi connectivity index (χ0v) is 21.1. The molecule has 1 amide bonds. The lowest BCUT2D eigenvalue weighted by Gasteiger charge is -2.14. The van der Waals surface area contributed by atoms with Crippen molar-refractivity contribution in [1.29, 1.82) is 0 Å². The second-order valence-electron chi connectivity index (χ2n) is 8.76. The van der Waals surface area contributed by atoms with Gasteiger partial charge in [0.1, 0.15) is 11.5 Å². The number of para-hydroxylation sites is 1.